The average Bonchev–Trinajstić information content (AvgIpc) is 2.67. The Balaban J connectivity index is 1.59. The summed E-state index contributed by atoms with van der Waals surface area (Å²) in [5.41, 5.74) is 1.56. The van der Waals surface area contributed by atoms with Crippen molar-refractivity contribution in [1.29, 1.82) is 0 Å². The number of halogens is 1. The molecule has 3 aromatic rings. The lowest BCUT2D eigenvalue weighted by Crippen LogP contribution is -2.20. The van der Waals surface area contributed by atoms with Crippen LogP contribution in [-0.4, -0.2) is 20.9 Å². The summed E-state index contributed by atoms with van der Waals surface area (Å²) >= 11 is 0. The Morgan fingerprint density at radius 2 is 1.69 bits per heavy atom. The number of rotatable bonds is 7. The van der Waals surface area contributed by atoms with Gasteiger partial charge in [-0.3, -0.25) is 9.52 Å². The molecule has 0 fully saturated rings. The van der Waals surface area contributed by atoms with Gasteiger partial charge in [-0.1, -0.05) is 18.2 Å². The summed E-state index contributed by atoms with van der Waals surface area (Å²) in [6.07, 6.45) is 0. The summed E-state index contributed by atoms with van der Waals surface area (Å²) in [5.74, 6) is -0.332. The molecule has 0 bridgehead atoms. The summed E-state index contributed by atoms with van der Waals surface area (Å²) in [7, 11) is -3.88. The molecule has 0 aliphatic carbocycles. The molecule has 0 heterocycles. The molecule has 0 spiro atoms. The Labute approximate surface area is 168 Å². The number of benzene rings is 3. The quantitative estimate of drug-likeness (QED) is 0.613. The van der Waals surface area contributed by atoms with Gasteiger partial charge in [-0.15, -0.1) is 0 Å². The molecule has 0 saturated carbocycles. The molecular formula is C21H19FN2O4S. The van der Waals surface area contributed by atoms with Crippen molar-refractivity contribution in [2.75, 3.05) is 16.6 Å². The molecule has 1 amide bonds. The van der Waals surface area contributed by atoms with Gasteiger partial charge in [-0.25, -0.2) is 12.8 Å². The van der Waals surface area contributed by atoms with Crippen LogP contribution in [-0.2, 0) is 14.8 Å². The molecule has 0 saturated heterocycles. The van der Waals surface area contributed by atoms with Crippen LogP contribution in [0.5, 0.6) is 5.75 Å². The van der Waals surface area contributed by atoms with Gasteiger partial charge in [0.2, 0.25) is 0 Å². The number of amides is 1. The third-order valence-electron chi connectivity index (χ3n) is 3.88. The zero-order valence-electron chi connectivity index (χ0n) is 15.6. The van der Waals surface area contributed by atoms with Crippen LogP contribution in [0.2, 0.25) is 0 Å². The first-order valence-corrected chi connectivity index (χ1v) is 10.2. The smallest absolute Gasteiger partial charge is 0.262 e. The van der Waals surface area contributed by atoms with E-state index in [1.165, 1.54) is 42.5 Å². The van der Waals surface area contributed by atoms with Gasteiger partial charge >= 0.3 is 0 Å². The molecule has 0 unspecified atom stereocenters. The number of anilines is 2. The minimum absolute atomic E-state index is 0.0178. The fourth-order valence-electron chi connectivity index (χ4n) is 2.53. The van der Waals surface area contributed by atoms with Gasteiger partial charge < -0.3 is 10.1 Å². The van der Waals surface area contributed by atoms with Crippen molar-refractivity contribution in [2.24, 2.45) is 0 Å². The second kappa shape index (κ2) is 8.74. The van der Waals surface area contributed by atoms with E-state index in [2.05, 4.69) is 10.0 Å². The van der Waals surface area contributed by atoms with Crippen LogP contribution in [0.3, 0.4) is 0 Å². The van der Waals surface area contributed by atoms with Crippen molar-refractivity contribution in [3.8, 4) is 5.75 Å². The first kappa shape index (κ1) is 20.3. The van der Waals surface area contributed by atoms with Crippen LogP contribution in [0.1, 0.15) is 5.56 Å². The highest BCUT2D eigenvalue weighted by molar-refractivity contribution is 7.92. The fourth-order valence-corrected chi connectivity index (χ4v) is 3.58. The Bertz CT molecular complexity index is 1120. The van der Waals surface area contributed by atoms with Crippen LogP contribution < -0.4 is 14.8 Å². The number of hydrogen-bond donors (Lipinski definition) is 2. The normalized spacial score (nSPS) is 11.0. The SMILES string of the molecule is Cc1cccc(OCC(=O)Nc2ccc(S(=O)(=O)Nc3cccc(F)c3)cc2)c1. The van der Waals surface area contributed by atoms with Crippen LogP contribution in [0.25, 0.3) is 0 Å². The molecule has 0 aliphatic heterocycles. The highest BCUT2D eigenvalue weighted by atomic mass is 32.2. The van der Waals surface area contributed by atoms with Crippen LogP contribution in [0.15, 0.2) is 77.7 Å². The van der Waals surface area contributed by atoms with Crippen molar-refractivity contribution in [1.82, 2.24) is 0 Å². The number of nitrogens with one attached hydrogen (secondary N) is 2. The lowest BCUT2D eigenvalue weighted by atomic mass is 10.2. The van der Waals surface area contributed by atoms with Crippen LogP contribution >= 0.6 is 0 Å². The van der Waals surface area contributed by atoms with Gasteiger partial charge in [0.1, 0.15) is 11.6 Å². The summed E-state index contributed by atoms with van der Waals surface area (Å²) in [6.45, 7) is 1.75. The lowest BCUT2D eigenvalue weighted by molar-refractivity contribution is -0.118. The average molecular weight is 414 g/mol. The van der Waals surface area contributed by atoms with Crippen molar-refractivity contribution in [2.45, 2.75) is 11.8 Å². The highest BCUT2D eigenvalue weighted by Gasteiger charge is 2.15. The molecule has 0 atom stereocenters. The highest BCUT2D eigenvalue weighted by Crippen LogP contribution is 2.19. The predicted octanol–water partition coefficient (Wildman–Crippen LogP) is 3.95. The van der Waals surface area contributed by atoms with E-state index < -0.39 is 15.8 Å². The molecular weight excluding hydrogens is 395 g/mol. The second-order valence-electron chi connectivity index (χ2n) is 6.29. The Hall–Kier alpha value is -3.39. The number of sulfonamides is 1. The van der Waals surface area contributed by atoms with Gasteiger partial charge in [-0.05, 0) is 67.1 Å². The molecule has 0 aromatic heterocycles. The topological polar surface area (TPSA) is 84.5 Å². The van der Waals surface area contributed by atoms with E-state index in [0.717, 1.165) is 11.6 Å². The number of aryl methyl sites for hydroxylation is 1. The van der Waals surface area contributed by atoms with Crippen molar-refractivity contribution in [3.63, 3.8) is 0 Å². The Morgan fingerprint density at radius 1 is 0.966 bits per heavy atom. The maximum Gasteiger partial charge on any atom is 0.262 e. The van der Waals surface area contributed by atoms with Gasteiger partial charge in [0.25, 0.3) is 15.9 Å². The summed E-state index contributed by atoms with van der Waals surface area (Å²) < 4.78 is 45.7. The molecule has 150 valence electrons. The molecule has 0 aliphatic rings. The van der Waals surface area contributed by atoms with E-state index in [1.54, 1.807) is 6.07 Å². The van der Waals surface area contributed by atoms with E-state index in [0.29, 0.717) is 11.4 Å². The first-order valence-electron chi connectivity index (χ1n) is 8.70. The minimum atomic E-state index is -3.88. The van der Waals surface area contributed by atoms with E-state index in [4.69, 9.17) is 4.74 Å². The standard InChI is InChI=1S/C21H19FN2O4S/c1-15-4-2-7-19(12-15)28-14-21(25)23-17-8-10-20(11-9-17)29(26,27)24-18-6-3-5-16(22)13-18/h2-13,24H,14H2,1H3,(H,23,25). The predicted molar refractivity (Wildman–Crippen MR) is 109 cm³/mol. The van der Waals surface area contributed by atoms with Crippen molar-refractivity contribution >= 4 is 27.3 Å². The molecule has 3 rings (SSSR count). The maximum atomic E-state index is 13.2. The van der Waals surface area contributed by atoms with Crippen molar-refractivity contribution in [3.05, 3.63) is 84.2 Å². The molecule has 6 nitrogen and oxygen atoms in total. The molecule has 29 heavy (non-hydrogen) atoms. The third kappa shape index (κ3) is 5.79. The first-order chi connectivity index (χ1) is 13.8. The Kier molecular flexibility index (Phi) is 6.13. The lowest BCUT2D eigenvalue weighted by Gasteiger charge is -2.10. The van der Waals surface area contributed by atoms with Crippen LogP contribution in [0, 0.1) is 12.7 Å². The van der Waals surface area contributed by atoms with E-state index >= 15 is 0 Å². The zero-order valence-corrected chi connectivity index (χ0v) is 16.4. The number of ether oxygens (including phenoxy) is 1. The number of hydrogen-bond acceptors (Lipinski definition) is 4. The summed E-state index contributed by atoms with van der Waals surface area (Å²) in [4.78, 5) is 12.0. The Morgan fingerprint density at radius 3 is 2.38 bits per heavy atom. The molecule has 3 aromatic carbocycles. The molecule has 2 N–H and O–H groups in total. The van der Waals surface area contributed by atoms with E-state index in [-0.39, 0.29) is 23.1 Å². The van der Waals surface area contributed by atoms with E-state index in [1.807, 2.05) is 25.1 Å². The largest absolute Gasteiger partial charge is 0.484 e. The van der Waals surface area contributed by atoms with Gasteiger partial charge in [0.05, 0.1) is 10.6 Å². The van der Waals surface area contributed by atoms with Gasteiger partial charge in [0, 0.05) is 5.69 Å². The molecule has 8 heteroatoms. The summed E-state index contributed by atoms with van der Waals surface area (Å²) in [5, 5.41) is 2.63. The van der Waals surface area contributed by atoms with Gasteiger partial charge in [0.15, 0.2) is 6.61 Å². The van der Waals surface area contributed by atoms with Gasteiger partial charge in [-0.2, -0.15) is 0 Å². The number of carbonyl (C=O) groups excluding carboxylic acids is 1. The third-order valence-corrected chi connectivity index (χ3v) is 5.28. The number of carbonyl (C=O) groups is 1. The molecule has 0 radical (unpaired) electrons. The summed E-state index contributed by atoms with van der Waals surface area (Å²) in [6, 6.07) is 18.1. The second-order valence-corrected chi connectivity index (χ2v) is 7.98. The van der Waals surface area contributed by atoms with Crippen LogP contribution in [0.4, 0.5) is 15.8 Å². The monoisotopic (exact) mass is 414 g/mol. The maximum absolute atomic E-state index is 13.2. The minimum Gasteiger partial charge on any atom is -0.484 e. The zero-order chi connectivity index (χ0) is 20.9. The van der Waals surface area contributed by atoms with E-state index in [9.17, 15) is 17.6 Å². The van der Waals surface area contributed by atoms with Crippen molar-refractivity contribution < 1.29 is 22.3 Å². The fraction of sp³-hybridized carbons (Fsp3) is 0.0952.